The molecule has 0 aliphatic carbocycles. The Morgan fingerprint density at radius 3 is 2.88 bits per heavy atom. The Kier molecular flexibility index (Phi) is 5.40. The van der Waals surface area contributed by atoms with E-state index in [1.165, 1.54) is 0 Å². The molecule has 0 aromatic carbocycles. The summed E-state index contributed by atoms with van der Waals surface area (Å²) in [6.45, 7) is 2.76. The summed E-state index contributed by atoms with van der Waals surface area (Å²) in [6, 6.07) is 0. The first-order chi connectivity index (χ1) is 3.91. The van der Waals surface area contributed by atoms with Crippen LogP contribution < -0.4 is 0 Å². The molecule has 0 rings (SSSR count). The van der Waals surface area contributed by atoms with Crippen molar-refractivity contribution in [1.29, 1.82) is 5.26 Å². The first-order valence-electron chi connectivity index (χ1n) is 2.67. The van der Waals surface area contributed by atoms with E-state index in [9.17, 15) is 0 Å². The van der Waals surface area contributed by atoms with Gasteiger partial charge >= 0.3 is 0 Å². The molecule has 0 aromatic rings. The summed E-state index contributed by atoms with van der Waals surface area (Å²) in [5.41, 5.74) is 0. The number of nitrogens with zero attached hydrogens (tertiary/aromatic N) is 3. The molecule has 0 spiro atoms. The van der Waals surface area contributed by atoms with Crippen molar-refractivity contribution >= 4 is 0 Å². The maximum atomic E-state index is 7.86. The van der Waals surface area contributed by atoms with Crippen LogP contribution in [-0.4, -0.2) is 6.54 Å². The van der Waals surface area contributed by atoms with Gasteiger partial charge in [-0.2, -0.15) is 10.4 Å². The van der Waals surface area contributed by atoms with Gasteiger partial charge in [0.25, 0.3) is 0 Å². The van der Waals surface area contributed by atoms with Crippen LogP contribution in [0.5, 0.6) is 0 Å². The summed E-state index contributed by atoms with van der Waals surface area (Å²) < 4.78 is 0. The minimum Gasteiger partial charge on any atom is -0.178 e. The van der Waals surface area contributed by atoms with Crippen LogP contribution in [0, 0.1) is 11.5 Å². The van der Waals surface area contributed by atoms with E-state index >= 15 is 0 Å². The van der Waals surface area contributed by atoms with Gasteiger partial charge < -0.3 is 0 Å². The van der Waals surface area contributed by atoms with Gasteiger partial charge in [0.05, 0.1) is 6.54 Å². The highest BCUT2D eigenvalue weighted by Crippen LogP contribution is 1.86. The Bertz CT molecular complexity index is 101. The fourth-order valence-corrected chi connectivity index (χ4v) is 0.310. The quantitative estimate of drug-likeness (QED) is 0.310. The van der Waals surface area contributed by atoms with Gasteiger partial charge in [-0.1, -0.05) is 18.5 Å². The maximum Gasteiger partial charge on any atom is 0.225 e. The lowest BCUT2D eigenvalue weighted by Gasteiger charge is -1.82. The van der Waals surface area contributed by atoms with Crippen LogP contribution in [0.4, 0.5) is 0 Å². The van der Waals surface area contributed by atoms with Crippen LogP contribution in [0.25, 0.3) is 0 Å². The van der Waals surface area contributed by atoms with Gasteiger partial charge in [0.15, 0.2) is 0 Å². The fraction of sp³-hybridized carbons (Fsp3) is 0.800. The van der Waals surface area contributed by atoms with E-state index in [4.69, 9.17) is 5.26 Å². The molecule has 0 saturated carbocycles. The smallest absolute Gasteiger partial charge is 0.178 e. The molecule has 8 heavy (non-hydrogen) atoms. The second-order valence-electron chi connectivity index (χ2n) is 1.42. The monoisotopic (exact) mass is 111 g/mol. The zero-order valence-electron chi connectivity index (χ0n) is 4.96. The predicted molar refractivity (Wildman–Crippen MR) is 30.2 cm³/mol. The number of hydrogen-bond acceptors (Lipinski definition) is 3. The van der Waals surface area contributed by atoms with Gasteiger partial charge in [0, 0.05) is 0 Å². The summed E-state index contributed by atoms with van der Waals surface area (Å²) in [7, 11) is 0. The van der Waals surface area contributed by atoms with E-state index in [1.54, 1.807) is 6.19 Å². The van der Waals surface area contributed by atoms with Gasteiger partial charge in [-0.25, -0.2) is 0 Å². The van der Waals surface area contributed by atoms with Crippen LogP contribution >= 0.6 is 0 Å². The van der Waals surface area contributed by atoms with Crippen LogP contribution in [0.1, 0.15) is 19.8 Å². The number of rotatable bonds is 3. The zero-order valence-corrected chi connectivity index (χ0v) is 4.96. The molecule has 0 atom stereocenters. The first-order valence-corrected chi connectivity index (χ1v) is 2.67. The molecule has 0 unspecified atom stereocenters. The Morgan fingerprint density at radius 1 is 1.62 bits per heavy atom. The highest BCUT2D eigenvalue weighted by atomic mass is 15.1. The molecular formula is C5H9N3. The van der Waals surface area contributed by atoms with Crippen molar-refractivity contribution < 1.29 is 0 Å². The van der Waals surface area contributed by atoms with Crippen LogP contribution in [0.2, 0.25) is 0 Å². The van der Waals surface area contributed by atoms with E-state index < -0.39 is 0 Å². The molecule has 0 radical (unpaired) electrons. The van der Waals surface area contributed by atoms with Crippen molar-refractivity contribution in [2.75, 3.05) is 6.54 Å². The Balaban J connectivity index is 2.94. The Morgan fingerprint density at radius 2 is 2.38 bits per heavy atom. The SMILES string of the molecule is CCCCN=NC#N. The number of hydrogen-bond donors (Lipinski definition) is 0. The number of nitriles is 1. The Labute approximate surface area is 49.0 Å². The minimum atomic E-state index is 0.685. The van der Waals surface area contributed by atoms with Crippen molar-refractivity contribution in [3.63, 3.8) is 0 Å². The molecule has 0 fully saturated rings. The topological polar surface area (TPSA) is 48.5 Å². The zero-order chi connectivity index (χ0) is 6.24. The van der Waals surface area contributed by atoms with Gasteiger partial charge in [-0.05, 0) is 6.42 Å². The Hall–Kier alpha value is -0.910. The normalized spacial score (nSPS) is 9.50. The lowest BCUT2D eigenvalue weighted by Crippen LogP contribution is -1.74. The number of azo groups is 1. The van der Waals surface area contributed by atoms with E-state index in [0.717, 1.165) is 12.8 Å². The summed E-state index contributed by atoms with van der Waals surface area (Å²) in [6.07, 6.45) is 3.71. The largest absolute Gasteiger partial charge is 0.225 e. The number of unbranched alkanes of at least 4 members (excludes halogenated alkanes) is 1. The molecule has 3 heteroatoms. The third-order valence-corrected chi connectivity index (χ3v) is 0.727. The summed E-state index contributed by atoms with van der Waals surface area (Å²) >= 11 is 0. The van der Waals surface area contributed by atoms with Crippen molar-refractivity contribution in [1.82, 2.24) is 0 Å². The summed E-state index contributed by atoms with van der Waals surface area (Å²) in [5, 5.41) is 14.5. The lowest BCUT2D eigenvalue weighted by molar-refractivity contribution is 0.781. The lowest BCUT2D eigenvalue weighted by atomic mass is 10.3. The van der Waals surface area contributed by atoms with Gasteiger partial charge in [-0.15, -0.1) is 0 Å². The average molecular weight is 111 g/mol. The van der Waals surface area contributed by atoms with Gasteiger partial charge in [-0.3, -0.25) is 0 Å². The van der Waals surface area contributed by atoms with Gasteiger partial charge in [0.1, 0.15) is 0 Å². The molecule has 0 heterocycles. The average Bonchev–Trinajstić information content (AvgIpc) is 1.81. The highest BCUT2D eigenvalue weighted by molar-refractivity contribution is 4.58. The molecule has 0 saturated heterocycles. The summed E-state index contributed by atoms with van der Waals surface area (Å²) in [4.78, 5) is 0. The van der Waals surface area contributed by atoms with E-state index in [1.807, 2.05) is 0 Å². The van der Waals surface area contributed by atoms with Crippen molar-refractivity contribution in [3.8, 4) is 6.19 Å². The van der Waals surface area contributed by atoms with Crippen molar-refractivity contribution in [2.24, 2.45) is 10.2 Å². The molecule has 0 aliphatic rings. The molecular weight excluding hydrogens is 102 g/mol. The molecule has 0 N–H and O–H groups in total. The molecule has 0 bridgehead atoms. The predicted octanol–water partition coefficient (Wildman–Crippen LogP) is 1.72. The standard InChI is InChI=1S/C5H9N3/c1-2-3-4-7-8-5-6/h2-4H2,1H3. The van der Waals surface area contributed by atoms with E-state index in [2.05, 4.69) is 17.2 Å². The molecule has 44 valence electrons. The molecule has 0 aliphatic heterocycles. The van der Waals surface area contributed by atoms with Gasteiger partial charge in [0.2, 0.25) is 6.19 Å². The minimum absolute atomic E-state index is 0.685. The first kappa shape index (κ1) is 7.09. The van der Waals surface area contributed by atoms with Crippen LogP contribution in [-0.2, 0) is 0 Å². The third-order valence-electron chi connectivity index (χ3n) is 0.727. The third kappa shape index (κ3) is 5.09. The molecule has 0 aromatic heterocycles. The second kappa shape index (κ2) is 6.09. The maximum absolute atomic E-state index is 7.86. The molecule has 3 nitrogen and oxygen atoms in total. The van der Waals surface area contributed by atoms with Crippen LogP contribution in [0.15, 0.2) is 10.2 Å². The highest BCUT2D eigenvalue weighted by Gasteiger charge is 1.76. The van der Waals surface area contributed by atoms with Crippen LogP contribution in [0.3, 0.4) is 0 Å². The van der Waals surface area contributed by atoms with Crippen molar-refractivity contribution in [3.05, 3.63) is 0 Å². The second-order valence-corrected chi connectivity index (χ2v) is 1.42. The van der Waals surface area contributed by atoms with Crippen molar-refractivity contribution in [2.45, 2.75) is 19.8 Å². The van der Waals surface area contributed by atoms with E-state index in [-0.39, 0.29) is 0 Å². The van der Waals surface area contributed by atoms with E-state index in [0.29, 0.717) is 6.54 Å². The fourth-order valence-electron chi connectivity index (χ4n) is 0.310. The molecule has 0 amide bonds. The summed E-state index contributed by atoms with van der Waals surface area (Å²) in [5.74, 6) is 0.